The van der Waals surface area contributed by atoms with Crippen LogP contribution in [0, 0.1) is 6.92 Å². The number of carbonyl (C=O) groups is 2. The summed E-state index contributed by atoms with van der Waals surface area (Å²) in [6.07, 6.45) is 0. The largest absolute Gasteiger partial charge is 0.350 e. The number of rotatable bonds is 10. The van der Waals surface area contributed by atoms with Gasteiger partial charge in [-0.1, -0.05) is 72.9 Å². The van der Waals surface area contributed by atoms with E-state index in [1.165, 1.54) is 17.0 Å². The highest BCUT2D eigenvalue weighted by Crippen LogP contribution is 2.28. The van der Waals surface area contributed by atoms with Gasteiger partial charge in [-0.25, -0.2) is 8.42 Å². The maximum Gasteiger partial charge on any atom is 0.264 e. The Labute approximate surface area is 259 Å². The van der Waals surface area contributed by atoms with Gasteiger partial charge in [0.1, 0.15) is 12.6 Å². The third kappa shape index (κ3) is 8.49. The summed E-state index contributed by atoms with van der Waals surface area (Å²) in [6.45, 7) is 12.6. The summed E-state index contributed by atoms with van der Waals surface area (Å²) in [6, 6.07) is 17.6. The summed E-state index contributed by atoms with van der Waals surface area (Å²) in [4.78, 5) is 28.7. The van der Waals surface area contributed by atoms with Gasteiger partial charge in [0.25, 0.3) is 10.0 Å². The van der Waals surface area contributed by atoms with Crippen LogP contribution in [0.5, 0.6) is 0 Å². The Kier molecular flexibility index (Phi) is 10.7. The Hall–Kier alpha value is -3.07. The van der Waals surface area contributed by atoms with Crippen LogP contribution in [-0.2, 0) is 26.2 Å². The number of hydrogen-bond donors (Lipinski definition) is 1. The van der Waals surface area contributed by atoms with Gasteiger partial charge < -0.3 is 10.2 Å². The van der Waals surface area contributed by atoms with E-state index in [2.05, 4.69) is 5.32 Å². The molecule has 0 bridgehead atoms. The molecule has 3 aromatic carbocycles. The minimum absolute atomic E-state index is 0.0131. The minimum Gasteiger partial charge on any atom is -0.350 e. The molecule has 3 rings (SSSR count). The molecule has 1 N–H and O–H groups in total. The van der Waals surface area contributed by atoms with Crippen molar-refractivity contribution in [1.29, 1.82) is 0 Å². The van der Waals surface area contributed by atoms with Gasteiger partial charge in [0.2, 0.25) is 11.8 Å². The fourth-order valence-corrected chi connectivity index (χ4v) is 6.02. The molecule has 42 heavy (non-hydrogen) atoms. The fourth-order valence-electron chi connectivity index (χ4n) is 4.28. The highest BCUT2D eigenvalue weighted by atomic mass is 35.5. The molecule has 0 saturated carbocycles. The van der Waals surface area contributed by atoms with Crippen molar-refractivity contribution in [3.05, 3.63) is 93.5 Å². The third-order valence-corrected chi connectivity index (χ3v) is 9.27. The van der Waals surface area contributed by atoms with E-state index in [4.69, 9.17) is 23.2 Å². The molecule has 0 fully saturated rings. The summed E-state index contributed by atoms with van der Waals surface area (Å²) < 4.78 is 29.1. The summed E-state index contributed by atoms with van der Waals surface area (Å²) in [5, 5.41) is 3.58. The number of carbonyl (C=O) groups excluding carboxylic acids is 2. The van der Waals surface area contributed by atoms with Crippen LogP contribution in [0.15, 0.2) is 71.6 Å². The zero-order chi connectivity index (χ0) is 31.4. The highest BCUT2D eigenvalue weighted by Gasteiger charge is 2.33. The van der Waals surface area contributed by atoms with E-state index in [0.29, 0.717) is 21.3 Å². The van der Waals surface area contributed by atoms with Crippen molar-refractivity contribution < 1.29 is 18.0 Å². The van der Waals surface area contributed by atoms with E-state index in [-0.39, 0.29) is 23.3 Å². The maximum atomic E-state index is 14.1. The van der Waals surface area contributed by atoms with Gasteiger partial charge in [0.15, 0.2) is 0 Å². The summed E-state index contributed by atoms with van der Waals surface area (Å²) in [5.74, 6) is -0.682. The molecule has 7 nitrogen and oxygen atoms in total. The van der Waals surface area contributed by atoms with Crippen molar-refractivity contribution in [2.24, 2.45) is 0 Å². The molecule has 0 aliphatic heterocycles. The molecule has 1 unspecified atom stereocenters. The number of sulfonamides is 1. The number of anilines is 1. The summed E-state index contributed by atoms with van der Waals surface area (Å²) >= 11 is 12.3. The van der Waals surface area contributed by atoms with Crippen LogP contribution >= 0.6 is 23.2 Å². The van der Waals surface area contributed by atoms with E-state index >= 15 is 0 Å². The Morgan fingerprint density at radius 1 is 0.881 bits per heavy atom. The lowest BCUT2D eigenvalue weighted by Crippen LogP contribution is -2.54. The fraction of sp³-hybridized carbons (Fsp3) is 0.375. The van der Waals surface area contributed by atoms with E-state index in [1.807, 2.05) is 53.7 Å². The molecule has 1 atom stereocenters. The third-order valence-electron chi connectivity index (χ3n) is 6.74. The van der Waals surface area contributed by atoms with Crippen molar-refractivity contribution in [3.63, 3.8) is 0 Å². The van der Waals surface area contributed by atoms with Gasteiger partial charge >= 0.3 is 0 Å². The maximum absolute atomic E-state index is 14.1. The minimum atomic E-state index is -4.15. The van der Waals surface area contributed by atoms with Crippen molar-refractivity contribution in [2.45, 2.75) is 77.4 Å². The molecule has 0 saturated heterocycles. The van der Waals surface area contributed by atoms with E-state index in [0.717, 1.165) is 15.4 Å². The second-order valence-corrected chi connectivity index (χ2v) is 14.4. The van der Waals surface area contributed by atoms with Gasteiger partial charge in [-0.05, 0) is 88.1 Å². The molecular weight excluding hydrogens is 593 g/mol. The number of halogens is 2. The average Bonchev–Trinajstić information content (AvgIpc) is 2.91. The number of benzene rings is 3. The second-order valence-electron chi connectivity index (χ2n) is 11.8. The summed E-state index contributed by atoms with van der Waals surface area (Å²) in [7, 11) is -4.15. The molecule has 2 amide bonds. The summed E-state index contributed by atoms with van der Waals surface area (Å²) in [5.41, 5.74) is 2.38. The molecule has 0 aromatic heterocycles. The van der Waals surface area contributed by atoms with Crippen LogP contribution in [0.1, 0.15) is 64.2 Å². The normalized spacial score (nSPS) is 12.6. The molecule has 0 aliphatic rings. The Bertz CT molecular complexity index is 1520. The molecule has 0 spiro atoms. The number of amides is 2. The first-order chi connectivity index (χ1) is 19.5. The molecule has 0 aliphatic carbocycles. The van der Waals surface area contributed by atoms with E-state index in [9.17, 15) is 18.0 Å². The van der Waals surface area contributed by atoms with Gasteiger partial charge in [-0.15, -0.1) is 0 Å². The molecule has 10 heteroatoms. The Morgan fingerprint density at radius 3 is 2.00 bits per heavy atom. The van der Waals surface area contributed by atoms with Crippen LogP contribution in [0.2, 0.25) is 10.0 Å². The van der Waals surface area contributed by atoms with Crippen molar-refractivity contribution >= 4 is 50.7 Å². The van der Waals surface area contributed by atoms with Crippen molar-refractivity contribution in [2.75, 3.05) is 10.8 Å². The SMILES string of the molecule is Cc1ccc(S(=O)(=O)N(CC(=O)N(Cc2ccc(Cl)c(Cl)c2)C(C)C(=O)NC(C)(C)C)c2ccc(C(C)C)cc2)cc1. The second kappa shape index (κ2) is 13.5. The average molecular weight is 633 g/mol. The van der Waals surface area contributed by atoms with Crippen molar-refractivity contribution in [3.8, 4) is 0 Å². The number of hydrogen-bond acceptors (Lipinski definition) is 4. The smallest absolute Gasteiger partial charge is 0.264 e. The van der Waals surface area contributed by atoms with E-state index in [1.54, 1.807) is 49.4 Å². The first kappa shape index (κ1) is 33.4. The zero-order valence-electron chi connectivity index (χ0n) is 25.1. The van der Waals surface area contributed by atoms with Crippen LogP contribution in [0.25, 0.3) is 0 Å². The topological polar surface area (TPSA) is 86.8 Å². The number of aryl methyl sites for hydroxylation is 1. The van der Waals surface area contributed by atoms with Gasteiger partial charge in [-0.2, -0.15) is 0 Å². The number of nitrogens with one attached hydrogen (secondary N) is 1. The standard InChI is InChI=1S/C32H39Cl2N3O4S/c1-21(2)25-11-13-26(14-12-25)37(42(40,41)27-15-8-22(3)9-16-27)20-30(38)36(23(4)31(39)35-32(5,6)7)19-24-10-17-28(33)29(34)18-24/h8-18,21,23H,19-20H2,1-7H3,(H,35,39). The molecule has 0 radical (unpaired) electrons. The van der Waals surface area contributed by atoms with Gasteiger partial charge in [-0.3, -0.25) is 13.9 Å². The Balaban J connectivity index is 2.07. The Morgan fingerprint density at radius 2 is 1.48 bits per heavy atom. The van der Waals surface area contributed by atoms with Crippen LogP contribution in [0.4, 0.5) is 5.69 Å². The van der Waals surface area contributed by atoms with Crippen molar-refractivity contribution in [1.82, 2.24) is 10.2 Å². The molecule has 226 valence electrons. The lowest BCUT2D eigenvalue weighted by molar-refractivity contribution is -0.140. The van der Waals surface area contributed by atoms with Crippen LogP contribution in [-0.4, -0.2) is 43.3 Å². The highest BCUT2D eigenvalue weighted by molar-refractivity contribution is 7.92. The van der Waals surface area contributed by atoms with Gasteiger partial charge in [0.05, 0.1) is 20.6 Å². The zero-order valence-corrected chi connectivity index (χ0v) is 27.4. The number of nitrogens with zero attached hydrogens (tertiary/aromatic N) is 2. The quantitative estimate of drug-likeness (QED) is 0.262. The first-order valence-electron chi connectivity index (χ1n) is 13.7. The lowest BCUT2D eigenvalue weighted by Gasteiger charge is -2.33. The molecular formula is C32H39Cl2N3O4S. The van der Waals surface area contributed by atoms with Gasteiger partial charge in [0, 0.05) is 12.1 Å². The predicted octanol–water partition coefficient (Wildman–Crippen LogP) is 6.95. The lowest BCUT2D eigenvalue weighted by atomic mass is 10.0. The first-order valence-corrected chi connectivity index (χ1v) is 15.9. The van der Waals surface area contributed by atoms with Crippen LogP contribution in [0.3, 0.4) is 0 Å². The molecule has 0 heterocycles. The predicted molar refractivity (Wildman–Crippen MR) is 171 cm³/mol. The molecule has 3 aromatic rings. The monoisotopic (exact) mass is 631 g/mol. The van der Waals surface area contributed by atoms with Crippen LogP contribution < -0.4 is 9.62 Å². The van der Waals surface area contributed by atoms with E-state index < -0.39 is 34.1 Å².